The van der Waals surface area contributed by atoms with Crippen LogP contribution in [0, 0.1) is 0 Å². The standard InChI is InChI=1S/C63H48F6N6O15S3/c1-41(70-88-91(79,80)54-29-20-43-8-2-5-11-48(43)38-54)42-14-23-51(24-15-42)85-35-32-73-59(76)74(33-36-86-52-25-16-46(17-26-52)57(62(64,65)66)71-89-92(81,82)55-30-21-44-9-3-6-12-49(44)39-55)61(78)75(60(73)77)34-37-87-53-27-18-47(19-28-53)58(63(67,68)69)72-90-93(83,84)56-31-22-45-10-4-7-13-50(45)40-56/h2-31,38-40H,32-37H2,1H3/b70-41+,71-57-,72-58-. The Labute approximate surface area is 524 Å². The van der Waals surface area contributed by atoms with E-state index < -0.39 is 125 Å². The maximum Gasteiger partial charge on any atom is 0.437 e. The van der Waals surface area contributed by atoms with Crippen molar-refractivity contribution in [2.45, 2.75) is 53.6 Å². The zero-order chi connectivity index (χ0) is 66.3. The molecule has 0 aliphatic carbocycles. The number of aromatic nitrogens is 3. The minimum Gasteiger partial charge on any atom is -0.492 e. The lowest BCUT2D eigenvalue weighted by Gasteiger charge is -2.16. The summed E-state index contributed by atoms with van der Waals surface area (Å²) in [5, 5.41) is 13.5. The molecule has 9 aromatic carbocycles. The van der Waals surface area contributed by atoms with Crippen LogP contribution in [-0.4, -0.2) is 88.3 Å². The lowest BCUT2D eigenvalue weighted by atomic mass is 10.1. The zero-order valence-corrected chi connectivity index (χ0v) is 50.5. The molecule has 10 rings (SSSR count). The van der Waals surface area contributed by atoms with E-state index in [1.54, 1.807) is 66.7 Å². The largest absolute Gasteiger partial charge is 0.492 e. The van der Waals surface area contributed by atoms with Crippen LogP contribution in [-0.2, 0) is 62.8 Å². The lowest BCUT2D eigenvalue weighted by molar-refractivity contribution is -0.0606. The molecule has 30 heteroatoms. The predicted molar refractivity (Wildman–Crippen MR) is 329 cm³/mol. The van der Waals surface area contributed by atoms with Gasteiger partial charge in [0.1, 0.15) is 51.8 Å². The maximum atomic E-state index is 14.3. The van der Waals surface area contributed by atoms with Gasteiger partial charge in [0.15, 0.2) is 11.4 Å². The van der Waals surface area contributed by atoms with Crippen LogP contribution in [0.1, 0.15) is 23.6 Å². The van der Waals surface area contributed by atoms with Gasteiger partial charge in [0.05, 0.1) is 25.3 Å². The van der Waals surface area contributed by atoms with Gasteiger partial charge in [0.25, 0.3) is 0 Å². The molecule has 1 aromatic heterocycles. The second-order valence-corrected chi connectivity index (χ2v) is 24.7. The van der Waals surface area contributed by atoms with E-state index in [2.05, 4.69) is 24.0 Å². The van der Waals surface area contributed by atoms with E-state index in [0.29, 0.717) is 46.2 Å². The van der Waals surface area contributed by atoms with Gasteiger partial charge in [-0.15, -0.1) is 0 Å². The topological polar surface area (TPSA) is 261 Å². The van der Waals surface area contributed by atoms with Crippen LogP contribution in [0.2, 0.25) is 0 Å². The Hall–Kier alpha value is -10.6. The number of fused-ring (bicyclic) bond motifs is 3. The average molecular weight is 1340 g/mol. The van der Waals surface area contributed by atoms with Crippen LogP contribution in [0.15, 0.2) is 245 Å². The van der Waals surface area contributed by atoms with Crippen LogP contribution in [0.5, 0.6) is 17.2 Å². The van der Waals surface area contributed by atoms with Crippen LogP contribution in [0.3, 0.4) is 0 Å². The van der Waals surface area contributed by atoms with Crippen molar-refractivity contribution in [2.75, 3.05) is 19.8 Å². The SMILES string of the molecule is C/C(=N\OS(=O)(=O)c1ccc2ccccc2c1)c1ccc(OCCn2c(=O)n(CCOc3ccc(/C(=N/OS(=O)(=O)c4ccc5ccccc5c4)C(F)(F)F)cc3)c(=O)n(CCOc3ccc(/C(=N/OS(=O)(=O)c4ccc5ccccc5c4)C(F)(F)F)cc3)c2=O)cc1. The molecular formula is C63H48F6N6O15S3. The highest BCUT2D eigenvalue weighted by molar-refractivity contribution is 7.87. The van der Waals surface area contributed by atoms with Crippen molar-refractivity contribution >= 4 is 79.8 Å². The van der Waals surface area contributed by atoms with E-state index in [9.17, 15) is 66.0 Å². The van der Waals surface area contributed by atoms with Crippen molar-refractivity contribution in [2.24, 2.45) is 15.5 Å². The molecule has 21 nitrogen and oxygen atoms in total. The Morgan fingerprint density at radius 1 is 0.366 bits per heavy atom. The smallest absolute Gasteiger partial charge is 0.437 e. The first-order chi connectivity index (χ1) is 44.2. The number of hydrogen-bond donors (Lipinski definition) is 0. The van der Waals surface area contributed by atoms with Crippen molar-refractivity contribution in [1.29, 1.82) is 0 Å². The van der Waals surface area contributed by atoms with Gasteiger partial charge in [-0.05, 0) is 154 Å². The first kappa shape index (κ1) is 65.4. The van der Waals surface area contributed by atoms with Crippen LogP contribution in [0.25, 0.3) is 32.3 Å². The Kier molecular flexibility index (Phi) is 19.0. The highest BCUT2D eigenvalue weighted by Gasteiger charge is 2.40. The van der Waals surface area contributed by atoms with Gasteiger partial charge in [-0.3, -0.25) is 12.9 Å². The molecule has 0 amide bonds. The summed E-state index contributed by atoms with van der Waals surface area (Å²) in [6.45, 7) is -1.55. The molecule has 0 radical (unpaired) electrons. The summed E-state index contributed by atoms with van der Waals surface area (Å²) in [6, 6.07) is 46.4. The maximum absolute atomic E-state index is 14.3. The molecule has 480 valence electrons. The van der Waals surface area contributed by atoms with Gasteiger partial charge in [-0.25, -0.2) is 28.1 Å². The van der Waals surface area contributed by atoms with Crippen LogP contribution < -0.4 is 31.3 Å². The number of nitrogens with zero attached hydrogens (tertiary/aromatic N) is 6. The Morgan fingerprint density at radius 3 is 0.925 bits per heavy atom. The molecule has 0 saturated heterocycles. The van der Waals surface area contributed by atoms with Crippen LogP contribution in [0.4, 0.5) is 26.3 Å². The number of hydrogen-bond acceptors (Lipinski definition) is 18. The second kappa shape index (κ2) is 27.1. The fraction of sp³-hybridized carbons (Fsp3) is 0.143. The number of benzene rings is 9. The molecule has 0 bridgehead atoms. The third-order valence-corrected chi connectivity index (χ3v) is 17.3. The summed E-state index contributed by atoms with van der Waals surface area (Å²) < 4.78 is 197. The van der Waals surface area contributed by atoms with E-state index in [1.807, 2.05) is 12.1 Å². The molecule has 10 aromatic rings. The molecule has 0 spiro atoms. The summed E-state index contributed by atoms with van der Waals surface area (Å²) in [4.78, 5) is 41.0. The fourth-order valence-corrected chi connectivity index (χ4v) is 11.5. The van der Waals surface area contributed by atoms with Gasteiger partial charge in [0, 0.05) is 11.1 Å². The van der Waals surface area contributed by atoms with Crippen molar-refractivity contribution in [3.05, 3.63) is 248 Å². The molecule has 0 fully saturated rings. The molecule has 1 heterocycles. The number of ether oxygens (including phenoxy) is 3. The van der Waals surface area contributed by atoms with Gasteiger partial charge >= 0.3 is 59.8 Å². The highest BCUT2D eigenvalue weighted by atomic mass is 32.2. The number of halogens is 6. The molecule has 0 unspecified atom stereocenters. The summed E-state index contributed by atoms with van der Waals surface area (Å²) in [6.07, 6.45) is -10.5. The van der Waals surface area contributed by atoms with Gasteiger partial charge in [-0.2, -0.15) is 51.6 Å². The van der Waals surface area contributed by atoms with Gasteiger partial charge in [0.2, 0.25) is 0 Å². The molecule has 0 atom stereocenters. The third kappa shape index (κ3) is 15.6. The average Bonchev–Trinajstić information content (AvgIpc) is 0.846. The minimum absolute atomic E-state index is 0.0993. The summed E-state index contributed by atoms with van der Waals surface area (Å²) in [5.41, 5.74) is -7.60. The van der Waals surface area contributed by atoms with Gasteiger partial charge in [-0.1, -0.05) is 106 Å². The Morgan fingerprint density at radius 2 is 0.634 bits per heavy atom. The predicted octanol–water partition coefficient (Wildman–Crippen LogP) is 10.3. The zero-order valence-electron chi connectivity index (χ0n) is 48.1. The highest BCUT2D eigenvalue weighted by Crippen LogP contribution is 2.30. The Bertz CT molecular complexity index is 4870. The molecule has 0 N–H and O–H groups in total. The first-order valence-corrected chi connectivity index (χ1v) is 31.7. The van der Waals surface area contributed by atoms with Crippen molar-refractivity contribution < 1.29 is 78.7 Å². The molecule has 0 aliphatic heterocycles. The van der Waals surface area contributed by atoms with Crippen molar-refractivity contribution in [3.8, 4) is 17.2 Å². The van der Waals surface area contributed by atoms with E-state index >= 15 is 0 Å². The van der Waals surface area contributed by atoms with Gasteiger partial charge < -0.3 is 14.2 Å². The van der Waals surface area contributed by atoms with Crippen molar-refractivity contribution in [1.82, 2.24) is 13.7 Å². The monoisotopic (exact) mass is 1340 g/mol. The molecule has 0 aliphatic rings. The van der Waals surface area contributed by atoms with Crippen LogP contribution >= 0.6 is 0 Å². The van der Waals surface area contributed by atoms with E-state index in [-0.39, 0.29) is 34.5 Å². The number of rotatable bonds is 24. The van der Waals surface area contributed by atoms with Crippen molar-refractivity contribution in [3.63, 3.8) is 0 Å². The molecular weight excluding hydrogens is 1290 g/mol. The molecule has 93 heavy (non-hydrogen) atoms. The minimum atomic E-state index is -5.23. The first-order valence-electron chi connectivity index (χ1n) is 27.5. The number of alkyl halides is 6. The third-order valence-electron chi connectivity index (χ3n) is 14.0. The summed E-state index contributed by atoms with van der Waals surface area (Å²) in [5.74, 6) is 0.00619. The normalized spacial score (nSPS) is 12.9. The summed E-state index contributed by atoms with van der Waals surface area (Å²) in [7, 11) is -14.0. The molecule has 0 saturated carbocycles. The quantitative estimate of drug-likeness (QED) is 0.0309. The summed E-state index contributed by atoms with van der Waals surface area (Å²) >= 11 is 0. The lowest BCUT2D eigenvalue weighted by Crippen LogP contribution is -2.55. The number of oxime groups is 3. The van der Waals surface area contributed by atoms with E-state index in [0.717, 1.165) is 66.0 Å². The second-order valence-electron chi connectivity index (χ2n) is 20.1. The Balaban J connectivity index is 0.836. The van der Waals surface area contributed by atoms with E-state index in [1.165, 1.54) is 67.6 Å². The fourth-order valence-electron chi connectivity index (χ4n) is 9.20. The van der Waals surface area contributed by atoms with E-state index in [4.69, 9.17) is 18.5 Å².